The van der Waals surface area contributed by atoms with E-state index in [1.807, 2.05) is 0 Å². The highest BCUT2D eigenvalue weighted by Gasteiger charge is 2.55. The highest BCUT2D eigenvalue weighted by atomic mass is 35.5. The summed E-state index contributed by atoms with van der Waals surface area (Å²) in [6.45, 7) is 5.44. The number of ether oxygens (including phenoxy) is 1. The van der Waals surface area contributed by atoms with E-state index in [1.54, 1.807) is 13.0 Å². The minimum absolute atomic E-state index is 0.247. The van der Waals surface area contributed by atoms with Crippen LogP contribution in [0.5, 0.6) is 0 Å². The van der Waals surface area contributed by atoms with Gasteiger partial charge in [-0.3, -0.25) is 4.79 Å². The molecular formula is C11H10Cl2O3. The van der Waals surface area contributed by atoms with Crippen LogP contribution in [-0.4, -0.2) is 22.7 Å². The molecule has 0 radical (unpaired) electrons. The number of alkyl halides is 2. The standard InChI is InChI=1S/C11H10Cl2O3/c1-5-7-8(16-9(5)15)6(14)3-4-11(7,2)10(12)13/h3-4,7-8,10H,1H2,2H3/t7-,8-,11+/m1/s1. The lowest BCUT2D eigenvalue weighted by Crippen LogP contribution is -2.43. The summed E-state index contributed by atoms with van der Waals surface area (Å²) in [4.78, 5) is 22.3. The van der Waals surface area contributed by atoms with Crippen LogP contribution in [0.4, 0.5) is 0 Å². The number of hydrogen-bond donors (Lipinski definition) is 0. The van der Waals surface area contributed by atoms with Gasteiger partial charge in [0.2, 0.25) is 0 Å². The second-order valence-electron chi connectivity index (χ2n) is 4.23. The van der Waals surface area contributed by atoms with Gasteiger partial charge in [-0.2, -0.15) is 0 Å². The first-order chi connectivity index (χ1) is 7.38. The first-order valence-corrected chi connectivity index (χ1v) is 5.66. The summed E-state index contributed by atoms with van der Waals surface area (Å²) in [6.07, 6.45) is 2.18. The van der Waals surface area contributed by atoms with E-state index in [0.717, 1.165) is 0 Å². The van der Waals surface area contributed by atoms with Crippen molar-refractivity contribution < 1.29 is 14.3 Å². The summed E-state index contributed by atoms with van der Waals surface area (Å²) in [7, 11) is 0. The minimum Gasteiger partial charge on any atom is -0.450 e. The molecular weight excluding hydrogens is 251 g/mol. The Kier molecular flexibility index (Phi) is 2.63. The van der Waals surface area contributed by atoms with E-state index in [0.29, 0.717) is 0 Å². The minimum atomic E-state index is -0.824. The Bertz CT molecular complexity index is 413. The molecule has 3 nitrogen and oxygen atoms in total. The topological polar surface area (TPSA) is 43.4 Å². The van der Waals surface area contributed by atoms with E-state index in [2.05, 4.69) is 6.58 Å². The van der Waals surface area contributed by atoms with E-state index in [4.69, 9.17) is 27.9 Å². The molecule has 1 aliphatic heterocycles. The van der Waals surface area contributed by atoms with E-state index in [-0.39, 0.29) is 11.4 Å². The van der Waals surface area contributed by atoms with Gasteiger partial charge in [0.15, 0.2) is 11.9 Å². The van der Waals surface area contributed by atoms with Gasteiger partial charge in [0, 0.05) is 16.9 Å². The SMILES string of the molecule is C=C1C(=O)O[C@@H]2C(=O)C=C[C@](C)(C(Cl)Cl)[C@H]12. The zero-order chi connectivity index (χ0) is 12.1. The van der Waals surface area contributed by atoms with Crippen LogP contribution in [0, 0.1) is 11.3 Å². The number of carbonyl (C=O) groups is 2. The second kappa shape index (κ2) is 3.60. The fraction of sp³-hybridized carbons (Fsp3) is 0.455. The van der Waals surface area contributed by atoms with Crippen LogP contribution < -0.4 is 0 Å². The average Bonchev–Trinajstić information content (AvgIpc) is 2.51. The van der Waals surface area contributed by atoms with Crippen LogP contribution in [0.1, 0.15) is 6.92 Å². The van der Waals surface area contributed by atoms with Gasteiger partial charge in [-0.1, -0.05) is 19.6 Å². The maximum atomic E-state index is 11.6. The van der Waals surface area contributed by atoms with Gasteiger partial charge in [0.05, 0.1) is 0 Å². The third-order valence-corrected chi connectivity index (χ3v) is 4.14. The summed E-state index contributed by atoms with van der Waals surface area (Å²) in [5.74, 6) is -1.27. The highest BCUT2D eigenvalue weighted by Crippen LogP contribution is 2.49. The fourth-order valence-electron chi connectivity index (χ4n) is 2.16. The zero-order valence-corrected chi connectivity index (χ0v) is 10.1. The van der Waals surface area contributed by atoms with E-state index in [9.17, 15) is 9.59 Å². The Morgan fingerprint density at radius 2 is 2.12 bits per heavy atom. The van der Waals surface area contributed by atoms with Crippen molar-refractivity contribution in [3.05, 3.63) is 24.3 Å². The van der Waals surface area contributed by atoms with Crippen molar-refractivity contribution in [1.29, 1.82) is 0 Å². The third-order valence-electron chi connectivity index (χ3n) is 3.20. The number of hydrogen-bond acceptors (Lipinski definition) is 3. The molecule has 0 unspecified atom stereocenters. The molecule has 86 valence electrons. The molecule has 0 bridgehead atoms. The van der Waals surface area contributed by atoms with Gasteiger partial charge < -0.3 is 4.74 Å². The van der Waals surface area contributed by atoms with Crippen molar-refractivity contribution in [2.75, 3.05) is 0 Å². The van der Waals surface area contributed by atoms with Crippen LogP contribution in [0.2, 0.25) is 0 Å². The molecule has 1 saturated heterocycles. The maximum Gasteiger partial charge on any atom is 0.334 e. The molecule has 2 rings (SSSR count). The van der Waals surface area contributed by atoms with Crippen LogP contribution in [0.25, 0.3) is 0 Å². The normalized spacial score (nSPS) is 37.9. The van der Waals surface area contributed by atoms with Gasteiger partial charge in [-0.15, -0.1) is 23.2 Å². The van der Waals surface area contributed by atoms with Gasteiger partial charge >= 0.3 is 5.97 Å². The molecule has 0 amide bonds. The summed E-state index contributed by atoms with van der Waals surface area (Å²) in [5, 5.41) is 0. The van der Waals surface area contributed by atoms with Gasteiger partial charge in [0.25, 0.3) is 0 Å². The molecule has 3 atom stereocenters. The predicted octanol–water partition coefficient (Wildman–Crippen LogP) is 2.03. The molecule has 1 fully saturated rings. The number of halogens is 2. The molecule has 2 aliphatic rings. The van der Waals surface area contributed by atoms with Gasteiger partial charge in [-0.25, -0.2) is 4.79 Å². The number of carbonyl (C=O) groups excluding carboxylic acids is 2. The van der Waals surface area contributed by atoms with Crippen LogP contribution >= 0.6 is 23.2 Å². The number of allylic oxidation sites excluding steroid dienone is 1. The Labute approximate surface area is 103 Å². The number of rotatable bonds is 1. The summed E-state index contributed by atoms with van der Waals surface area (Å²) < 4.78 is 4.98. The first-order valence-electron chi connectivity index (χ1n) is 4.79. The van der Waals surface area contributed by atoms with E-state index < -0.39 is 28.2 Å². The lowest BCUT2D eigenvalue weighted by Gasteiger charge is -2.37. The van der Waals surface area contributed by atoms with Crippen molar-refractivity contribution in [1.82, 2.24) is 0 Å². The molecule has 1 aliphatic carbocycles. The molecule has 0 aromatic carbocycles. The summed E-state index contributed by atoms with van der Waals surface area (Å²) in [5.41, 5.74) is -0.443. The summed E-state index contributed by atoms with van der Waals surface area (Å²) in [6, 6.07) is 0. The molecule has 0 aromatic heterocycles. The molecule has 0 saturated carbocycles. The van der Waals surface area contributed by atoms with Crippen LogP contribution in [-0.2, 0) is 14.3 Å². The fourth-order valence-corrected chi connectivity index (χ4v) is 2.58. The highest BCUT2D eigenvalue weighted by molar-refractivity contribution is 6.45. The molecule has 0 aromatic rings. The number of ketones is 1. The Morgan fingerprint density at radius 3 is 2.69 bits per heavy atom. The van der Waals surface area contributed by atoms with Crippen LogP contribution in [0.3, 0.4) is 0 Å². The smallest absolute Gasteiger partial charge is 0.334 e. The van der Waals surface area contributed by atoms with E-state index >= 15 is 0 Å². The molecule has 1 heterocycles. The quantitative estimate of drug-likeness (QED) is 0.412. The largest absolute Gasteiger partial charge is 0.450 e. The summed E-state index contributed by atoms with van der Waals surface area (Å²) >= 11 is 11.8. The molecule has 0 spiro atoms. The maximum absolute atomic E-state index is 11.6. The van der Waals surface area contributed by atoms with Crippen molar-refractivity contribution >= 4 is 35.0 Å². The Hall–Kier alpha value is -0.800. The van der Waals surface area contributed by atoms with Crippen LogP contribution in [0.15, 0.2) is 24.3 Å². The monoisotopic (exact) mass is 260 g/mol. The van der Waals surface area contributed by atoms with Crippen molar-refractivity contribution in [3.8, 4) is 0 Å². The van der Waals surface area contributed by atoms with Crippen molar-refractivity contribution in [2.24, 2.45) is 11.3 Å². The van der Waals surface area contributed by atoms with Gasteiger partial charge in [0.1, 0.15) is 4.84 Å². The number of esters is 1. The predicted molar refractivity (Wildman–Crippen MR) is 60.3 cm³/mol. The third kappa shape index (κ3) is 1.42. The number of fused-ring (bicyclic) bond motifs is 1. The van der Waals surface area contributed by atoms with Crippen molar-refractivity contribution in [3.63, 3.8) is 0 Å². The lowest BCUT2D eigenvalue weighted by atomic mass is 9.69. The molecule has 16 heavy (non-hydrogen) atoms. The van der Waals surface area contributed by atoms with E-state index in [1.165, 1.54) is 6.08 Å². The molecule has 5 heteroatoms. The Balaban J connectivity index is 2.51. The second-order valence-corrected chi connectivity index (χ2v) is 5.33. The molecule has 0 N–H and O–H groups in total. The Morgan fingerprint density at radius 1 is 1.50 bits per heavy atom. The zero-order valence-electron chi connectivity index (χ0n) is 8.57. The average molecular weight is 261 g/mol. The first kappa shape index (κ1) is 11.7. The lowest BCUT2D eigenvalue weighted by molar-refractivity contribution is -0.145. The van der Waals surface area contributed by atoms with Crippen molar-refractivity contribution in [2.45, 2.75) is 17.9 Å². The van der Waals surface area contributed by atoms with Gasteiger partial charge in [-0.05, 0) is 6.08 Å².